The zero-order chi connectivity index (χ0) is 21.9. The lowest BCUT2D eigenvalue weighted by Crippen LogP contribution is -2.38. The summed E-state index contributed by atoms with van der Waals surface area (Å²) in [5.41, 5.74) is 0.523. The molecule has 0 heterocycles. The number of fused-ring (bicyclic) bond motifs is 2. The Labute approximate surface area is 188 Å². The molecule has 176 valence electrons. The van der Waals surface area contributed by atoms with E-state index in [1.165, 1.54) is 103 Å². The van der Waals surface area contributed by atoms with E-state index in [1.54, 1.807) is 0 Å². The maximum absolute atomic E-state index is 12.3. The van der Waals surface area contributed by atoms with Crippen molar-refractivity contribution in [2.75, 3.05) is 0 Å². The summed E-state index contributed by atoms with van der Waals surface area (Å²) in [5.74, 6) is 0.797. The first-order valence-corrected chi connectivity index (χ1v) is 13.6. The van der Waals surface area contributed by atoms with Crippen LogP contribution in [0, 0.1) is 16.7 Å². The van der Waals surface area contributed by atoms with Gasteiger partial charge in [0.05, 0.1) is 0 Å². The Kier molecular flexibility index (Phi) is 11.2. The summed E-state index contributed by atoms with van der Waals surface area (Å²) in [6, 6.07) is 0. The molecule has 2 bridgehead atoms. The standard InChI is InChI=1S/C28H52O2/c1-5-6-7-8-9-10-11-12-13-14-15-16-17-18-19-20-26(29)30-25-23-24-21-22-28(25,4)27(24,2)3/h24-25H,5-23H2,1-4H3/t24-,25?,28-/m1/s1. The van der Waals surface area contributed by atoms with E-state index in [9.17, 15) is 4.79 Å². The van der Waals surface area contributed by atoms with Gasteiger partial charge in [0.1, 0.15) is 6.10 Å². The molecule has 2 rings (SSSR count). The fraction of sp³-hybridized carbons (Fsp3) is 0.964. The maximum atomic E-state index is 12.3. The fourth-order valence-electron chi connectivity index (χ4n) is 6.17. The molecule has 2 heteroatoms. The fourth-order valence-corrected chi connectivity index (χ4v) is 6.17. The van der Waals surface area contributed by atoms with Crippen LogP contribution in [0.5, 0.6) is 0 Å². The zero-order valence-corrected chi connectivity index (χ0v) is 20.9. The highest BCUT2D eigenvalue weighted by molar-refractivity contribution is 5.69. The number of carbonyl (C=O) groups excluding carboxylic acids is 1. The molecule has 0 radical (unpaired) electrons. The minimum Gasteiger partial charge on any atom is -0.462 e. The molecule has 0 saturated heterocycles. The molecule has 2 nitrogen and oxygen atoms in total. The molecule has 2 aliphatic carbocycles. The third-order valence-electron chi connectivity index (χ3n) is 8.97. The van der Waals surface area contributed by atoms with E-state index >= 15 is 0 Å². The molecule has 2 saturated carbocycles. The molecule has 0 N–H and O–H groups in total. The Hall–Kier alpha value is -0.530. The van der Waals surface area contributed by atoms with Crippen LogP contribution in [0.25, 0.3) is 0 Å². The van der Waals surface area contributed by atoms with Crippen LogP contribution in [0.15, 0.2) is 0 Å². The smallest absolute Gasteiger partial charge is 0.306 e. The summed E-state index contributed by atoms with van der Waals surface area (Å²) in [6.45, 7) is 9.40. The summed E-state index contributed by atoms with van der Waals surface area (Å²) in [6.07, 6.45) is 24.8. The monoisotopic (exact) mass is 420 g/mol. The van der Waals surface area contributed by atoms with Gasteiger partial charge in [0.2, 0.25) is 0 Å². The molecule has 1 unspecified atom stereocenters. The van der Waals surface area contributed by atoms with E-state index in [-0.39, 0.29) is 17.5 Å². The van der Waals surface area contributed by atoms with E-state index < -0.39 is 0 Å². The molecular weight excluding hydrogens is 368 g/mol. The van der Waals surface area contributed by atoms with Crippen LogP contribution in [0.3, 0.4) is 0 Å². The Bertz CT molecular complexity index is 483. The van der Waals surface area contributed by atoms with Gasteiger partial charge >= 0.3 is 5.97 Å². The van der Waals surface area contributed by atoms with Crippen molar-refractivity contribution in [3.8, 4) is 0 Å². The van der Waals surface area contributed by atoms with Gasteiger partial charge in [0.25, 0.3) is 0 Å². The normalized spacial score (nSPS) is 26.9. The lowest BCUT2D eigenvalue weighted by Gasteiger charge is -2.38. The molecule has 0 aromatic carbocycles. The van der Waals surface area contributed by atoms with Gasteiger partial charge in [-0.1, -0.05) is 118 Å². The summed E-state index contributed by atoms with van der Waals surface area (Å²) in [5, 5.41) is 0. The number of unbranched alkanes of at least 4 members (excludes halogenated alkanes) is 14. The summed E-state index contributed by atoms with van der Waals surface area (Å²) >= 11 is 0. The molecule has 0 amide bonds. The van der Waals surface area contributed by atoms with E-state index in [1.807, 2.05) is 0 Å². The molecule has 2 fully saturated rings. The lowest BCUT2D eigenvalue weighted by molar-refractivity contribution is -0.157. The molecule has 0 aromatic rings. The number of hydrogen-bond acceptors (Lipinski definition) is 2. The Morgan fingerprint density at radius 3 is 1.63 bits per heavy atom. The summed E-state index contributed by atoms with van der Waals surface area (Å²) in [4.78, 5) is 12.3. The van der Waals surface area contributed by atoms with Gasteiger partial charge in [-0.15, -0.1) is 0 Å². The van der Waals surface area contributed by atoms with Crippen LogP contribution in [-0.2, 0) is 9.53 Å². The first-order chi connectivity index (χ1) is 14.4. The molecule has 0 aliphatic heterocycles. The predicted molar refractivity (Wildman–Crippen MR) is 129 cm³/mol. The van der Waals surface area contributed by atoms with Crippen molar-refractivity contribution in [3.05, 3.63) is 0 Å². The second-order valence-electron chi connectivity index (χ2n) is 11.3. The molecular formula is C28H52O2. The highest BCUT2D eigenvalue weighted by Gasteiger charge is 2.62. The SMILES string of the molecule is CCCCCCCCCCCCCCCCCC(=O)OC1C[C@H]2CC[C@@]1(C)C2(C)C. The van der Waals surface area contributed by atoms with Gasteiger partial charge in [-0.25, -0.2) is 0 Å². The Morgan fingerprint density at radius 2 is 1.23 bits per heavy atom. The molecule has 3 atom stereocenters. The second-order valence-corrected chi connectivity index (χ2v) is 11.3. The van der Waals surface area contributed by atoms with Crippen molar-refractivity contribution < 1.29 is 9.53 Å². The third kappa shape index (κ3) is 7.27. The van der Waals surface area contributed by atoms with E-state index in [0.29, 0.717) is 11.8 Å². The van der Waals surface area contributed by atoms with Crippen molar-refractivity contribution in [2.45, 2.75) is 156 Å². The van der Waals surface area contributed by atoms with Gasteiger partial charge < -0.3 is 4.74 Å². The average Bonchev–Trinajstić information content (AvgIpc) is 3.04. The lowest BCUT2D eigenvalue weighted by atomic mass is 9.70. The number of esters is 1. The van der Waals surface area contributed by atoms with Crippen LogP contribution in [0.2, 0.25) is 0 Å². The minimum atomic E-state index is 0.0549. The second kappa shape index (κ2) is 13.1. The van der Waals surface area contributed by atoms with Crippen molar-refractivity contribution in [1.29, 1.82) is 0 Å². The first-order valence-electron chi connectivity index (χ1n) is 13.6. The van der Waals surface area contributed by atoms with Crippen molar-refractivity contribution in [1.82, 2.24) is 0 Å². The van der Waals surface area contributed by atoms with E-state index in [4.69, 9.17) is 4.74 Å². The maximum Gasteiger partial charge on any atom is 0.306 e. The largest absolute Gasteiger partial charge is 0.462 e. The van der Waals surface area contributed by atoms with Gasteiger partial charge in [-0.05, 0) is 37.0 Å². The number of rotatable bonds is 17. The van der Waals surface area contributed by atoms with E-state index in [2.05, 4.69) is 27.7 Å². The van der Waals surface area contributed by atoms with Gasteiger partial charge in [-0.2, -0.15) is 0 Å². The van der Waals surface area contributed by atoms with Crippen molar-refractivity contribution in [3.63, 3.8) is 0 Å². The molecule has 2 aliphatic rings. The van der Waals surface area contributed by atoms with Crippen LogP contribution in [-0.4, -0.2) is 12.1 Å². The topological polar surface area (TPSA) is 26.3 Å². The van der Waals surface area contributed by atoms with Crippen molar-refractivity contribution >= 4 is 5.97 Å². The highest BCUT2D eigenvalue weighted by atomic mass is 16.5. The Balaban J connectivity index is 1.37. The van der Waals surface area contributed by atoms with Crippen LogP contribution < -0.4 is 0 Å². The van der Waals surface area contributed by atoms with Gasteiger partial charge in [0, 0.05) is 11.8 Å². The molecule has 0 spiro atoms. The van der Waals surface area contributed by atoms with E-state index in [0.717, 1.165) is 18.8 Å². The number of ether oxygens (including phenoxy) is 1. The molecule has 0 aromatic heterocycles. The quantitative estimate of drug-likeness (QED) is 0.173. The third-order valence-corrected chi connectivity index (χ3v) is 8.97. The van der Waals surface area contributed by atoms with Crippen molar-refractivity contribution in [2.24, 2.45) is 16.7 Å². The first kappa shape index (κ1) is 25.7. The average molecular weight is 421 g/mol. The predicted octanol–water partition coefficient (Wildman–Crippen LogP) is 9.01. The minimum absolute atomic E-state index is 0.0549. The summed E-state index contributed by atoms with van der Waals surface area (Å²) < 4.78 is 5.96. The number of carbonyl (C=O) groups is 1. The Morgan fingerprint density at radius 1 is 0.767 bits per heavy atom. The number of hydrogen-bond donors (Lipinski definition) is 0. The highest BCUT2D eigenvalue weighted by Crippen LogP contribution is 2.66. The zero-order valence-electron chi connectivity index (χ0n) is 20.9. The summed E-state index contributed by atoms with van der Waals surface area (Å²) in [7, 11) is 0. The van der Waals surface area contributed by atoms with Gasteiger partial charge in [0.15, 0.2) is 0 Å². The van der Waals surface area contributed by atoms with Crippen LogP contribution >= 0.6 is 0 Å². The van der Waals surface area contributed by atoms with Crippen LogP contribution in [0.1, 0.15) is 150 Å². The molecule has 30 heavy (non-hydrogen) atoms. The van der Waals surface area contributed by atoms with Crippen LogP contribution in [0.4, 0.5) is 0 Å². The van der Waals surface area contributed by atoms with Gasteiger partial charge in [-0.3, -0.25) is 4.79 Å².